The van der Waals surface area contributed by atoms with Crippen LogP contribution < -0.4 is 0 Å². The van der Waals surface area contributed by atoms with Gasteiger partial charge in [0.15, 0.2) is 0 Å². The number of hydrogen-bond acceptors (Lipinski definition) is 1. The number of aliphatic imine (C=N–C) groups is 1. The number of nitrogens with zero attached hydrogens (tertiary/aromatic N) is 1. The first kappa shape index (κ1) is 7.26. The van der Waals surface area contributed by atoms with Crippen molar-refractivity contribution in [3.8, 4) is 0 Å². The molecule has 0 amide bonds. The normalized spacial score (nSPS) is 25.4. The van der Waals surface area contributed by atoms with Gasteiger partial charge in [0.2, 0.25) is 0 Å². The fraction of sp³-hybridized carbons (Fsp3) is 0.444. The molecule has 1 heteroatoms. The highest BCUT2D eigenvalue weighted by Gasteiger charge is 1.99. The van der Waals surface area contributed by atoms with Gasteiger partial charge in [0, 0.05) is 13.3 Å². The van der Waals surface area contributed by atoms with Crippen LogP contribution in [0.3, 0.4) is 0 Å². The van der Waals surface area contributed by atoms with Gasteiger partial charge in [0.25, 0.3) is 0 Å². The van der Waals surface area contributed by atoms with Crippen LogP contribution in [0.4, 0.5) is 0 Å². The van der Waals surface area contributed by atoms with Gasteiger partial charge < -0.3 is 0 Å². The molecule has 1 atom stereocenters. The van der Waals surface area contributed by atoms with Crippen LogP contribution in [0, 0.1) is 5.92 Å². The van der Waals surface area contributed by atoms with E-state index in [4.69, 9.17) is 0 Å². The molecule has 1 unspecified atom stereocenters. The van der Waals surface area contributed by atoms with E-state index in [0.717, 1.165) is 6.42 Å². The second-order valence-electron chi connectivity index (χ2n) is 2.66. The van der Waals surface area contributed by atoms with E-state index < -0.39 is 0 Å². The van der Waals surface area contributed by atoms with Crippen molar-refractivity contribution in [1.29, 1.82) is 0 Å². The van der Waals surface area contributed by atoms with Crippen LogP contribution >= 0.6 is 0 Å². The Morgan fingerprint density at radius 1 is 1.70 bits per heavy atom. The molecule has 0 aromatic heterocycles. The van der Waals surface area contributed by atoms with Gasteiger partial charge in [-0.25, -0.2) is 0 Å². The van der Waals surface area contributed by atoms with E-state index in [1.807, 2.05) is 6.21 Å². The molecule has 0 aromatic rings. The molecule has 0 spiro atoms. The van der Waals surface area contributed by atoms with Crippen molar-refractivity contribution >= 4 is 6.21 Å². The minimum atomic E-state index is 0.703. The van der Waals surface area contributed by atoms with Gasteiger partial charge in [-0.05, 0) is 17.9 Å². The minimum Gasteiger partial charge on any atom is -0.296 e. The predicted molar refractivity (Wildman–Crippen MR) is 45.4 cm³/mol. The lowest BCUT2D eigenvalue weighted by atomic mass is 9.99. The molecule has 0 saturated heterocycles. The van der Waals surface area contributed by atoms with E-state index in [0.29, 0.717) is 5.92 Å². The van der Waals surface area contributed by atoms with Crippen molar-refractivity contribution in [2.45, 2.75) is 13.3 Å². The lowest BCUT2D eigenvalue weighted by Crippen LogP contribution is -1.94. The summed E-state index contributed by atoms with van der Waals surface area (Å²) >= 11 is 0. The number of rotatable bonds is 1. The first-order valence-corrected chi connectivity index (χ1v) is 3.63. The maximum Gasteiger partial charge on any atom is 0.0278 e. The Morgan fingerprint density at radius 3 is 3.00 bits per heavy atom. The highest BCUT2D eigenvalue weighted by molar-refractivity contribution is 5.82. The third kappa shape index (κ3) is 1.83. The summed E-state index contributed by atoms with van der Waals surface area (Å²) < 4.78 is 0. The minimum absolute atomic E-state index is 0.703. The maximum atomic E-state index is 3.94. The summed E-state index contributed by atoms with van der Waals surface area (Å²) in [4.78, 5) is 3.94. The van der Waals surface area contributed by atoms with Crippen LogP contribution in [0.2, 0.25) is 0 Å². The van der Waals surface area contributed by atoms with E-state index in [2.05, 4.69) is 30.1 Å². The van der Waals surface area contributed by atoms with E-state index in [1.54, 1.807) is 7.05 Å². The molecule has 1 nitrogen and oxygen atoms in total. The molecule has 0 bridgehead atoms. The van der Waals surface area contributed by atoms with Gasteiger partial charge in [-0.15, -0.1) is 0 Å². The molecule has 0 saturated carbocycles. The third-order valence-electron chi connectivity index (χ3n) is 1.62. The van der Waals surface area contributed by atoms with Crippen molar-refractivity contribution < 1.29 is 0 Å². The van der Waals surface area contributed by atoms with Gasteiger partial charge in [-0.1, -0.05) is 25.2 Å². The van der Waals surface area contributed by atoms with Crippen LogP contribution in [0.5, 0.6) is 0 Å². The molecule has 10 heavy (non-hydrogen) atoms. The third-order valence-corrected chi connectivity index (χ3v) is 1.62. The van der Waals surface area contributed by atoms with Gasteiger partial charge >= 0.3 is 0 Å². The van der Waals surface area contributed by atoms with Gasteiger partial charge in [-0.2, -0.15) is 0 Å². The molecule has 0 fully saturated rings. The summed E-state index contributed by atoms with van der Waals surface area (Å²) in [5, 5.41) is 0. The van der Waals surface area contributed by atoms with Crippen molar-refractivity contribution in [2.75, 3.05) is 7.05 Å². The average molecular weight is 135 g/mol. The highest BCUT2D eigenvalue weighted by atomic mass is 14.6. The molecule has 0 aliphatic heterocycles. The molecule has 1 aliphatic rings. The Hall–Kier alpha value is -0.850. The maximum absolute atomic E-state index is 3.94. The van der Waals surface area contributed by atoms with E-state index in [1.165, 1.54) is 5.57 Å². The SMILES string of the molecule is CN=CC1=CCC(C)C=C1. The Bertz CT molecular complexity index is 187. The first-order valence-electron chi connectivity index (χ1n) is 3.63. The quantitative estimate of drug-likeness (QED) is 0.489. The van der Waals surface area contributed by atoms with Crippen molar-refractivity contribution in [3.05, 3.63) is 23.8 Å². The van der Waals surface area contributed by atoms with Gasteiger partial charge in [-0.3, -0.25) is 4.99 Å². The molecule has 54 valence electrons. The molecule has 0 aromatic carbocycles. The lowest BCUT2D eigenvalue weighted by Gasteiger charge is -2.07. The van der Waals surface area contributed by atoms with Crippen LogP contribution in [-0.2, 0) is 0 Å². The number of hydrogen-bond donors (Lipinski definition) is 0. The lowest BCUT2D eigenvalue weighted by molar-refractivity contribution is 0.734. The highest BCUT2D eigenvalue weighted by Crippen LogP contribution is 2.13. The summed E-state index contributed by atoms with van der Waals surface area (Å²) in [5.41, 5.74) is 1.24. The zero-order valence-corrected chi connectivity index (χ0v) is 6.54. The smallest absolute Gasteiger partial charge is 0.0278 e. The first-order chi connectivity index (χ1) is 4.83. The Kier molecular flexibility index (Phi) is 2.43. The topological polar surface area (TPSA) is 12.4 Å². The predicted octanol–water partition coefficient (Wildman–Crippen LogP) is 2.21. The van der Waals surface area contributed by atoms with E-state index >= 15 is 0 Å². The Labute approximate surface area is 62.2 Å². The standard InChI is InChI=1S/C9H13N/c1-8-3-5-9(6-4-8)7-10-2/h3,5-8H,4H2,1-2H3. The summed E-state index contributed by atoms with van der Waals surface area (Å²) in [5.74, 6) is 0.703. The second-order valence-corrected chi connectivity index (χ2v) is 2.66. The molecule has 0 radical (unpaired) electrons. The van der Waals surface area contributed by atoms with Crippen molar-refractivity contribution in [1.82, 2.24) is 0 Å². The fourth-order valence-electron chi connectivity index (χ4n) is 0.989. The van der Waals surface area contributed by atoms with E-state index in [9.17, 15) is 0 Å². The second kappa shape index (κ2) is 3.35. The zero-order valence-electron chi connectivity index (χ0n) is 6.54. The number of allylic oxidation sites excluding steroid dienone is 4. The van der Waals surface area contributed by atoms with Crippen LogP contribution in [0.15, 0.2) is 28.8 Å². The zero-order chi connectivity index (χ0) is 7.40. The van der Waals surface area contributed by atoms with Crippen molar-refractivity contribution in [2.24, 2.45) is 10.9 Å². The summed E-state index contributed by atoms with van der Waals surface area (Å²) in [6.45, 7) is 2.22. The van der Waals surface area contributed by atoms with Crippen molar-refractivity contribution in [3.63, 3.8) is 0 Å². The Balaban J connectivity index is 2.58. The summed E-state index contributed by atoms with van der Waals surface area (Å²) in [6, 6.07) is 0. The fourth-order valence-corrected chi connectivity index (χ4v) is 0.989. The molecule has 0 heterocycles. The Morgan fingerprint density at radius 2 is 2.50 bits per heavy atom. The van der Waals surface area contributed by atoms with Gasteiger partial charge in [0.1, 0.15) is 0 Å². The summed E-state index contributed by atoms with van der Waals surface area (Å²) in [7, 11) is 1.80. The monoisotopic (exact) mass is 135 g/mol. The van der Waals surface area contributed by atoms with Crippen LogP contribution in [0.1, 0.15) is 13.3 Å². The van der Waals surface area contributed by atoms with Crippen LogP contribution in [-0.4, -0.2) is 13.3 Å². The van der Waals surface area contributed by atoms with Crippen LogP contribution in [0.25, 0.3) is 0 Å². The van der Waals surface area contributed by atoms with Gasteiger partial charge in [0.05, 0.1) is 0 Å². The molecular weight excluding hydrogens is 122 g/mol. The largest absolute Gasteiger partial charge is 0.296 e. The van der Waals surface area contributed by atoms with E-state index in [-0.39, 0.29) is 0 Å². The molecular formula is C9H13N. The summed E-state index contributed by atoms with van der Waals surface area (Å²) in [6.07, 6.45) is 9.61. The molecule has 0 N–H and O–H groups in total. The molecule has 1 aliphatic carbocycles. The molecule has 1 rings (SSSR count). The average Bonchev–Trinajstić information content (AvgIpc) is 1.95.